The standard InChI is InChI=1S/C16H21N3O3/c1-10-7-11(17-14(20)5-6-18(2)3)8-12-13(16(21)22)9-19(4)15(10)12/h7-9H,5-6H2,1-4H3,(H,17,20)(H,21,22). The van der Waals surface area contributed by atoms with E-state index in [-0.39, 0.29) is 11.5 Å². The SMILES string of the molecule is Cc1cc(NC(=O)CCN(C)C)cc2c(C(=O)O)cn(C)c12. The van der Waals surface area contributed by atoms with E-state index in [9.17, 15) is 14.7 Å². The fourth-order valence-electron chi connectivity index (χ4n) is 2.57. The van der Waals surface area contributed by atoms with E-state index >= 15 is 0 Å². The Morgan fingerprint density at radius 1 is 1.32 bits per heavy atom. The quantitative estimate of drug-likeness (QED) is 0.887. The molecule has 1 aromatic heterocycles. The van der Waals surface area contributed by atoms with Gasteiger partial charge in [-0.3, -0.25) is 4.79 Å². The Morgan fingerprint density at radius 2 is 2.00 bits per heavy atom. The van der Waals surface area contributed by atoms with Crippen molar-refractivity contribution in [3.8, 4) is 0 Å². The third-order valence-electron chi connectivity index (χ3n) is 3.57. The van der Waals surface area contributed by atoms with Gasteiger partial charge in [0.1, 0.15) is 0 Å². The number of benzene rings is 1. The molecule has 2 N–H and O–H groups in total. The maximum Gasteiger partial charge on any atom is 0.337 e. The number of fused-ring (bicyclic) bond motifs is 1. The Morgan fingerprint density at radius 3 is 2.59 bits per heavy atom. The van der Waals surface area contributed by atoms with Gasteiger partial charge in [-0.15, -0.1) is 0 Å². The second-order valence-electron chi connectivity index (χ2n) is 5.75. The first-order chi connectivity index (χ1) is 10.3. The number of aromatic carboxylic acids is 1. The van der Waals surface area contributed by atoms with Crippen molar-refractivity contribution in [2.45, 2.75) is 13.3 Å². The summed E-state index contributed by atoms with van der Waals surface area (Å²) in [7, 11) is 5.64. The Labute approximate surface area is 129 Å². The van der Waals surface area contributed by atoms with Gasteiger partial charge in [0.25, 0.3) is 0 Å². The molecule has 0 atom stereocenters. The molecule has 1 amide bonds. The highest BCUT2D eigenvalue weighted by molar-refractivity contribution is 6.06. The second kappa shape index (κ2) is 6.19. The lowest BCUT2D eigenvalue weighted by Gasteiger charge is -2.11. The van der Waals surface area contributed by atoms with Crippen LogP contribution < -0.4 is 5.32 Å². The Bertz CT molecular complexity index is 732. The van der Waals surface area contributed by atoms with Crippen molar-refractivity contribution in [3.63, 3.8) is 0 Å². The van der Waals surface area contributed by atoms with Gasteiger partial charge in [0.2, 0.25) is 5.91 Å². The van der Waals surface area contributed by atoms with Gasteiger partial charge < -0.3 is 19.9 Å². The molecule has 1 heterocycles. The molecule has 0 bridgehead atoms. The zero-order valence-corrected chi connectivity index (χ0v) is 13.3. The number of carboxylic acid groups (broad SMARTS) is 1. The number of hydrogen-bond acceptors (Lipinski definition) is 3. The van der Waals surface area contributed by atoms with E-state index in [0.29, 0.717) is 24.0 Å². The number of hydrogen-bond donors (Lipinski definition) is 2. The maximum atomic E-state index is 11.9. The highest BCUT2D eigenvalue weighted by Gasteiger charge is 2.16. The first kappa shape index (κ1) is 16.0. The summed E-state index contributed by atoms with van der Waals surface area (Å²) in [6, 6.07) is 3.58. The monoisotopic (exact) mass is 303 g/mol. The van der Waals surface area contributed by atoms with Gasteiger partial charge in [-0.2, -0.15) is 0 Å². The van der Waals surface area contributed by atoms with E-state index in [4.69, 9.17) is 0 Å². The van der Waals surface area contributed by atoms with E-state index in [0.717, 1.165) is 11.1 Å². The minimum atomic E-state index is -0.971. The lowest BCUT2D eigenvalue weighted by atomic mass is 10.1. The molecule has 0 spiro atoms. The molecule has 118 valence electrons. The van der Waals surface area contributed by atoms with Crippen LogP contribution in [-0.4, -0.2) is 47.1 Å². The van der Waals surface area contributed by atoms with Gasteiger partial charge in [-0.1, -0.05) is 0 Å². The molecular formula is C16H21N3O3. The lowest BCUT2D eigenvalue weighted by Crippen LogP contribution is -2.20. The fraction of sp³-hybridized carbons (Fsp3) is 0.375. The van der Waals surface area contributed by atoms with Crippen LogP contribution in [0.1, 0.15) is 22.3 Å². The third kappa shape index (κ3) is 3.28. The molecule has 1 aromatic carbocycles. The number of amides is 1. The molecule has 22 heavy (non-hydrogen) atoms. The Hall–Kier alpha value is -2.34. The van der Waals surface area contributed by atoms with Crippen LogP contribution in [0.4, 0.5) is 5.69 Å². The van der Waals surface area contributed by atoms with Crippen LogP contribution in [0, 0.1) is 6.92 Å². The summed E-state index contributed by atoms with van der Waals surface area (Å²) in [5.74, 6) is -1.05. The zero-order chi connectivity index (χ0) is 16.4. The first-order valence-electron chi connectivity index (χ1n) is 7.07. The van der Waals surface area contributed by atoms with E-state index in [1.807, 2.05) is 39.0 Å². The number of rotatable bonds is 5. The summed E-state index contributed by atoms with van der Waals surface area (Å²) in [4.78, 5) is 25.2. The van der Waals surface area contributed by atoms with Crippen molar-refractivity contribution in [1.29, 1.82) is 0 Å². The number of aromatic nitrogens is 1. The molecule has 6 heteroatoms. The van der Waals surface area contributed by atoms with E-state index < -0.39 is 5.97 Å². The van der Waals surface area contributed by atoms with Gasteiger partial charge in [-0.05, 0) is 38.7 Å². The molecule has 6 nitrogen and oxygen atoms in total. The summed E-state index contributed by atoms with van der Waals surface area (Å²) < 4.78 is 1.80. The lowest BCUT2D eigenvalue weighted by molar-refractivity contribution is -0.116. The highest BCUT2D eigenvalue weighted by Crippen LogP contribution is 2.28. The molecule has 0 saturated carbocycles. The molecule has 0 aliphatic rings. The van der Waals surface area contributed by atoms with Crippen molar-refractivity contribution in [2.24, 2.45) is 7.05 Å². The molecule has 2 rings (SSSR count). The molecule has 0 saturated heterocycles. The summed E-state index contributed by atoms with van der Waals surface area (Å²) in [5, 5.41) is 12.8. The largest absolute Gasteiger partial charge is 0.478 e. The average Bonchev–Trinajstić information content (AvgIpc) is 2.74. The number of nitrogens with zero attached hydrogens (tertiary/aromatic N) is 2. The van der Waals surface area contributed by atoms with Crippen molar-refractivity contribution in [1.82, 2.24) is 9.47 Å². The van der Waals surface area contributed by atoms with Crippen molar-refractivity contribution in [3.05, 3.63) is 29.5 Å². The average molecular weight is 303 g/mol. The fourth-order valence-corrected chi connectivity index (χ4v) is 2.57. The van der Waals surface area contributed by atoms with Crippen LogP contribution in [0.25, 0.3) is 10.9 Å². The van der Waals surface area contributed by atoms with Gasteiger partial charge in [0.15, 0.2) is 0 Å². The van der Waals surface area contributed by atoms with Crippen LogP contribution in [-0.2, 0) is 11.8 Å². The predicted octanol–water partition coefficient (Wildman–Crippen LogP) is 2.08. The van der Waals surface area contributed by atoms with Crippen LogP contribution in [0.2, 0.25) is 0 Å². The summed E-state index contributed by atoms with van der Waals surface area (Å²) >= 11 is 0. The summed E-state index contributed by atoms with van der Waals surface area (Å²) in [6.07, 6.45) is 1.99. The van der Waals surface area contributed by atoms with Crippen molar-refractivity contribution < 1.29 is 14.7 Å². The summed E-state index contributed by atoms with van der Waals surface area (Å²) in [5.41, 5.74) is 2.66. The minimum absolute atomic E-state index is 0.0831. The Kier molecular flexibility index (Phi) is 4.51. The number of aryl methyl sites for hydroxylation is 2. The molecule has 0 unspecified atom stereocenters. The van der Waals surface area contributed by atoms with Gasteiger partial charge >= 0.3 is 5.97 Å². The van der Waals surface area contributed by atoms with Crippen LogP contribution in [0.15, 0.2) is 18.3 Å². The number of carbonyl (C=O) groups excluding carboxylic acids is 1. The van der Waals surface area contributed by atoms with E-state index in [1.165, 1.54) is 0 Å². The van der Waals surface area contributed by atoms with Crippen molar-refractivity contribution in [2.75, 3.05) is 26.0 Å². The van der Waals surface area contributed by atoms with Crippen LogP contribution >= 0.6 is 0 Å². The number of carboxylic acids is 1. The minimum Gasteiger partial charge on any atom is -0.478 e. The highest BCUT2D eigenvalue weighted by atomic mass is 16.4. The van der Waals surface area contributed by atoms with Crippen molar-refractivity contribution >= 4 is 28.5 Å². The normalized spacial score (nSPS) is 11.1. The maximum absolute atomic E-state index is 11.9. The number of anilines is 1. The van der Waals surface area contributed by atoms with Crippen LogP contribution in [0.5, 0.6) is 0 Å². The van der Waals surface area contributed by atoms with Gasteiger partial charge in [0.05, 0.1) is 11.1 Å². The van der Waals surface area contributed by atoms with Gasteiger partial charge in [-0.25, -0.2) is 4.79 Å². The first-order valence-corrected chi connectivity index (χ1v) is 7.07. The Balaban J connectivity index is 2.34. The molecule has 0 aliphatic carbocycles. The molecule has 0 aliphatic heterocycles. The van der Waals surface area contributed by atoms with Crippen LogP contribution in [0.3, 0.4) is 0 Å². The molecule has 2 aromatic rings. The summed E-state index contributed by atoms with van der Waals surface area (Å²) in [6.45, 7) is 2.57. The molecule has 0 fully saturated rings. The number of nitrogens with one attached hydrogen (secondary N) is 1. The second-order valence-corrected chi connectivity index (χ2v) is 5.75. The third-order valence-corrected chi connectivity index (χ3v) is 3.57. The zero-order valence-electron chi connectivity index (χ0n) is 13.3. The molecule has 0 radical (unpaired) electrons. The molecular weight excluding hydrogens is 282 g/mol. The topological polar surface area (TPSA) is 74.6 Å². The van der Waals surface area contributed by atoms with Gasteiger partial charge in [0, 0.05) is 37.3 Å². The van der Waals surface area contributed by atoms with E-state index in [1.54, 1.807) is 16.8 Å². The number of carbonyl (C=O) groups is 2. The smallest absolute Gasteiger partial charge is 0.337 e. The predicted molar refractivity (Wildman–Crippen MR) is 86.4 cm³/mol. The van der Waals surface area contributed by atoms with E-state index in [2.05, 4.69) is 5.32 Å².